The summed E-state index contributed by atoms with van der Waals surface area (Å²) in [5.74, 6) is 0.615. The minimum Gasteiger partial charge on any atom is -0.392 e. The molecule has 0 aliphatic heterocycles. The number of aryl methyl sites for hydroxylation is 1. The first-order valence-electron chi connectivity index (χ1n) is 6.49. The lowest BCUT2D eigenvalue weighted by atomic mass is 9.86. The van der Waals surface area contributed by atoms with Crippen LogP contribution in [0.15, 0.2) is 24.3 Å². The van der Waals surface area contributed by atoms with Gasteiger partial charge in [0, 0.05) is 19.6 Å². The molecule has 0 aromatic heterocycles. The Kier molecular flexibility index (Phi) is 4.19. The van der Waals surface area contributed by atoms with E-state index in [9.17, 15) is 5.11 Å². The summed E-state index contributed by atoms with van der Waals surface area (Å²) in [6.45, 7) is 2.84. The molecule has 0 bridgehead atoms. The Labute approximate surface area is 104 Å². The molecular weight excluding hydrogens is 212 g/mol. The van der Waals surface area contributed by atoms with Gasteiger partial charge in [0.15, 0.2) is 0 Å². The van der Waals surface area contributed by atoms with Crippen LogP contribution in [0, 0.1) is 5.92 Å². The highest BCUT2D eigenvalue weighted by molar-refractivity contribution is 5.35. The van der Waals surface area contributed by atoms with Gasteiger partial charge in [0.2, 0.25) is 0 Å². The molecule has 3 atom stereocenters. The largest absolute Gasteiger partial charge is 0.392 e. The second-order valence-electron chi connectivity index (χ2n) is 5.09. The molecule has 0 spiro atoms. The number of hydrogen-bond donors (Lipinski definition) is 1. The second-order valence-corrected chi connectivity index (χ2v) is 5.09. The first-order chi connectivity index (χ1) is 8.24. The van der Waals surface area contributed by atoms with Crippen LogP contribution in [0.3, 0.4) is 0 Å². The van der Waals surface area contributed by atoms with E-state index >= 15 is 0 Å². The lowest BCUT2D eigenvalue weighted by Gasteiger charge is -2.25. The number of benzene rings is 1. The van der Waals surface area contributed by atoms with Crippen molar-refractivity contribution in [1.82, 2.24) is 0 Å². The van der Waals surface area contributed by atoms with E-state index in [0.717, 1.165) is 25.9 Å². The van der Waals surface area contributed by atoms with Crippen LogP contribution in [0.5, 0.6) is 0 Å². The monoisotopic (exact) mass is 234 g/mol. The average Bonchev–Trinajstić information content (AvgIpc) is 2.78. The molecule has 0 saturated heterocycles. The molecule has 1 aromatic rings. The van der Waals surface area contributed by atoms with Crippen LogP contribution >= 0.6 is 0 Å². The number of rotatable bonds is 5. The molecule has 3 unspecified atom stereocenters. The summed E-state index contributed by atoms with van der Waals surface area (Å²) in [7, 11) is 1.71. The van der Waals surface area contributed by atoms with Gasteiger partial charge in [-0.25, -0.2) is 0 Å². The minimum atomic E-state index is -0.242. The van der Waals surface area contributed by atoms with E-state index in [1.807, 2.05) is 0 Å². The third kappa shape index (κ3) is 2.70. The molecule has 1 aliphatic rings. The Bertz CT molecular complexity index is 362. The molecule has 1 aromatic carbocycles. The second kappa shape index (κ2) is 5.65. The molecule has 17 heavy (non-hydrogen) atoms. The molecule has 1 N–H and O–H groups in total. The van der Waals surface area contributed by atoms with Crippen molar-refractivity contribution in [2.75, 3.05) is 13.7 Å². The van der Waals surface area contributed by atoms with E-state index in [0.29, 0.717) is 11.8 Å². The van der Waals surface area contributed by atoms with Gasteiger partial charge < -0.3 is 9.84 Å². The van der Waals surface area contributed by atoms with E-state index in [4.69, 9.17) is 4.74 Å². The van der Waals surface area contributed by atoms with Gasteiger partial charge in [-0.15, -0.1) is 0 Å². The predicted octanol–water partition coefficient (Wildman–Crippen LogP) is 2.75. The molecule has 2 nitrogen and oxygen atoms in total. The quantitative estimate of drug-likeness (QED) is 0.849. The van der Waals surface area contributed by atoms with Crippen LogP contribution in [0.4, 0.5) is 0 Å². The summed E-state index contributed by atoms with van der Waals surface area (Å²) in [6, 6.07) is 8.51. The maximum Gasteiger partial charge on any atom is 0.0635 e. The van der Waals surface area contributed by atoms with E-state index in [1.165, 1.54) is 11.1 Å². The average molecular weight is 234 g/mol. The Morgan fingerprint density at radius 3 is 2.94 bits per heavy atom. The van der Waals surface area contributed by atoms with Crippen LogP contribution < -0.4 is 0 Å². The first kappa shape index (κ1) is 12.6. The number of aliphatic hydroxyl groups excluding tert-OH is 1. The van der Waals surface area contributed by atoms with Crippen molar-refractivity contribution in [3.63, 3.8) is 0 Å². The fourth-order valence-electron chi connectivity index (χ4n) is 2.82. The number of hydrogen-bond acceptors (Lipinski definition) is 2. The summed E-state index contributed by atoms with van der Waals surface area (Å²) in [5.41, 5.74) is 2.76. The highest BCUT2D eigenvalue weighted by atomic mass is 16.5. The van der Waals surface area contributed by atoms with Gasteiger partial charge in [0.05, 0.1) is 6.10 Å². The minimum absolute atomic E-state index is 0.242. The molecule has 2 rings (SSSR count). The van der Waals surface area contributed by atoms with Crippen molar-refractivity contribution in [2.45, 2.75) is 38.2 Å². The first-order valence-corrected chi connectivity index (χ1v) is 6.49. The number of ether oxygens (including phenoxy) is 1. The normalized spacial score (nSPS) is 22.2. The summed E-state index contributed by atoms with van der Waals surface area (Å²) in [6.07, 6.45) is 2.87. The summed E-state index contributed by atoms with van der Waals surface area (Å²) < 4.78 is 5.08. The third-order valence-electron chi connectivity index (χ3n) is 3.95. The molecule has 1 aliphatic carbocycles. The highest BCUT2D eigenvalue weighted by Crippen LogP contribution is 2.37. The Hall–Kier alpha value is -0.860. The zero-order valence-corrected chi connectivity index (χ0v) is 10.7. The number of aliphatic hydroxyl groups is 1. The Balaban J connectivity index is 2.04. The fraction of sp³-hybridized carbons (Fsp3) is 0.600. The van der Waals surface area contributed by atoms with Crippen molar-refractivity contribution in [1.29, 1.82) is 0 Å². The van der Waals surface area contributed by atoms with Crippen LogP contribution in [-0.4, -0.2) is 24.9 Å². The van der Waals surface area contributed by atoms with Gasteiger partial charge in [-0.05, 0) is 36.3 Å². The number of fused-ring (bicyclic) bond motifs is 1. The van der Waals surface area contributed by atoms with Crippen LogP contribution in [0.25, 0.3) is 0 Å². The van der Waals surface area contributed by atoms with Crippen LogP contribution in [0.1, 0.15) is 36.8 Å². The topological polar surface area (TPSA) is 29.5 Å². The van der Waals surface area contributed by atoms with E-state index < -0.39 is 0 Å². The third-order valence-corrected chi connectivity index (χ3v) is 3.95. The van der Waals surface area contributed by atoms with Crippen molar-refractivity contribution < 1.29 is 9.84 Å². The maximum absolute atomic E-state index is 10.4. The Morgan fingerprint density at radius 2 is 2.18 bits per heavy atom. The summed E-state index contributed by atoms with van der Waals surface area (Å²) >= 11 is 0. The smallest absolute Gasteiger partial charge is 0.0635 e. The van der Waals surface area contributed by atoms with E-state index in [1.54, 1.807) is 7.11 Å². The molecule has 2 heteroatoms. The lowest BCUT2D eigenvalue weighted by Crippen LogP contribution is -2.25. The van der Waals surface area contributed by atoms with Gasteiger partial charge in [0.1, 0.15) is 0 Å². The zero-order valence-electron chi connectivity index (χ0n) is 10.7. The lowest BCUT2D eigenvalue weighted by molar-refractivity contribution is 0.0670. The van der Waals surface area contributed by atoms with Gasteiger partial charge in [-0.1, -0.05) is 31.2 Å². The number of methoxy groups -OCH3 is 1. The van der Waals surface area contributed by atoms with Crippen molar-refractivity contribution in [3.05, 3.63) is 35.4 Å². The molecule has 0 fully saturated rings. The van der Waals surface area contributed by atoms with E-state index in [2.05, 4.69) is 31.2 Å². The molecule has 0 radical (unpaired) electrons. The molecular formula is C15H22O2. The molecule has 94 valence electrons. The standard InChI is InChI=1S/C15H22O2/c1-11(9-10-17-2)15(16)14-8-7-12-5-3-4-6-13(12)14/h3-6,11,14-16H,7-10H2,1-2H3. The summed E-state index contributed by atoms with van der Waals surface area (Å²) in [4.78, 5) is 0. The Morgan fingerprint density at radius 1 is 1.41 bits per heavy atom. The van der Waals surface area contributed by atoms with Gasteiger partial charge >= 0.3 is 0 Å². The molecule has 0 heterocycles. The van der Waals surface area contributed by atoms with Crippen LogP contribution in [-0.2, 0) is 11.2 Å². The van der Waals surface area contributed by atoms with Gasteiger partial charge in [-0.2, -0.15) is 0 Å². The van der Waals surface area contributed by atoms with Crippen molar-refractivity contribution >= 4 is 0 Å². The van der Waals surface area contributed by atoms with Crippen molar-refractivity contribution in [3.8, 4) is 0 Å². The van der Waals surface area contributed by atoms with Crippen molar-refractivity contribution in [2.24, 2.45) is 5.92 Å². The maximum atomic E-state index is 10.4. The van der Waals surface area contributed by atoms with Gasteiger partial charge in [0.25, 0.3) is 0 Å². The van der Waals surface area contributed by atoms with Crippen LogP contribution in [0.2, 0.25) is 0 Å². The fourth-order valence-corrected chi connectivity index (χ4v) is 2.82. The zero-order chi connectivity index (χ0) is 12.3. The summed E-state index contributed by atoms with van der Waals surface area (Å²) in [5, 5.41) is 10.4. The highest BCUT2D eigenvalue weighted by Gasteiger charge is 2.31. The SMILES string of the molecule is COCCC(C)C(O)C1CCc2ccccc21. The molecule has 0 saturated carbocycles. The predicted molar refractivity (Wildman–Crippen MR) is 69.2 cm³/mol. The molecule has 0 amide bonds. The van der Waals surface area contributed by atoms with Gasteiger partial charge in [-0.3, -0.25) is 0 Å². The van der Waals surface area contributed by atoms with E-state index in [-0.39, 0.29) is 6.10 Å².